The van der Waals surface area contributed by atoms with Crippen LogP contribution in [0.15, 0.2) is 60.8 Å². The zero-order chi connectivity index (χ0) is 41.4. The number of carboxylic acids is 1. The lowest BCUT2D eigenvalue weighted by molar-refractivity contribution is -0.161. The zero-order valence-electron chi connectivity index (χ0n) is 34.7. The number of carbonyl (C=O) groups is 3. The Balaban J connectivity index is 4.53. The minimum Gasteiger partial charge on any atom is -0.480 e. The van der Waals surface area contributed by atoms with E-state index in [0.717, 1.165) is 44.9 Å². The number of phosphoric ester groups is 1. The van der Waals surface area contributed by atoms with E-state index >= 15 is 0 Å². The normalized spacial score (nSPS) is 14.4. The predicted molar refractivity (Wildman–Crippen MR) is 226 cm³/mol. The molecule has 11 nitrogen and oxygen atoms in total. The largest absolute Gasteiger partial charge is 0.480 e. The lowest BCUT2D eigenvalue weighted by Gasteiger charge is -2.20. The van der Waals surface area contributed by atoms with Gasteiger partial charge in [-0.2, -0.15) is 0 Å². The summed E-state index contributed by atoms with van der Waals surface area (Å²) >= 11 is 0. The minimum absolute atomic E-state index is 0.0806. The van der Waals surface area contributed by atoms with Crippen LogP contribution in [0.5, 0.6) is 0 Å². The van der Waals surface area contributed by atoms with E-state index in [2.05, 4.69) is 67.0 Å². The number of carboxylic acid groups (broad SMARTS) is 1. The molecule has 0 rings (SSSR count). The van der Waals surface area contributed by atoms with Gasteiger partial charge in [0, 0.05) is 12.8 Å². The highest BCUT2D eigenvalue weighted by Gasteiger charge is 2.28. The number of esters is 2. The fraction of sp³-hybridized carbons (Fsp3) is 0.705. The van der Waals surface area contributed by atoms with Crippen molar-refractivity contribution >= 4 is 25.7 Å². The van der Waals surface area contributed by atoms with Crippen LogP contribution in [-0.2, 0) is 37.5 Å². The van der Waals surface area contributed by atoms with Crippen LogP contribution in [-0.4, -0.2) is 59.9 Å². The van der Waals surface area contributed by atoms with Gasteiger partial charge in [-0.15, -0.1) is 0 Å². The summed E-state index contributed by atoms with van der Waals surface area (Å²) < 4.78 is 32.6. The number of nitrogens with two attached hydrogens (primary N) is 1. The molecule has 12 heteroatoms. The summed E-state index contributed by atoms with van der Waals surface area (Å²) in [5, 5.41) is 8.88. The highest BCUT2D eigenvalue weighted by molar-refractivity contribution is 7.47. The van der Waals surface area contributed by atoms with Crippen LogP contribution >= 0.6 is 7.82 Å². The first-order chi connectivity index (χ1) is 27.1. The van der Waals surface area contributed by atoms with Crippen molar-refractivity contribution in [2.75, 3.05) is 19.8 Å². The van der Waals surface area contributed by atoms with Crippen LogP contribution in [0.1, 0.15) is 168 Å². The van der Waals surface area contributed by atoms with Crippen molar-refractivity contribution in [3.63, 3.8) is 0 Å². The van der Waals surface area contributed by atoms with E-state index in [1.165, 1.54) is 77.0 Å². The highest BCUT2D eigenvalue weighted by Crippen LogP contribution is 2.43. The van der Waals surface area contributed by atoms with Crippen molar-refractivity contribution in [2.24, 2.45) is 5.73 Å². The molecule has 0 fully saturated rings. The zero-order valence-corrected chi connectivity index (χ0v) is 35.6. The van der Waals surface area contributed by atoms with E-state index in [1.807, 2.05) is 12.2 Å². The third kappa shape index (κ3) is 38.1. The van der Waals surface area contributed by atoms with E-state index < -0.39 is 51.1 Å². The first-order valence-corrected chi connectivity index (χ1v) is 22.8. The topological polar surface area (TPSA) is 172 Å². The third-order valence-corrected chi connectivity index (χ3v) is 9.69. The Morgan fingerprint density at radius 2 is 0.964 bits per heavy atom. The van der Waals surface area contributed by atoms with E-state index in [4.69, 9.17) is 24.8 Å². The Labute approximate surface area is 338 Å². The van der Waals surface area contributed by atoms with Gasteiger partial charge in [-0.25, -0.2) is 4.57 Å². The van der Waals surface area contributed by atoms with Gasteiger partial charge in [-0.1, -0.05) is 139 Å². The van der Waals surface area contributed by atoms with Gasteiger partial charge in [-0.3, -0.25) is 23.4 Å². The summed E-state index contributed by atoms with van der Waals surface area (Å²) in [6.07, 6.45) is 44.4. The van der Waals surface area contributed by atoms with Gasteiger partial charge in [0.15, 0.2) is 6.10 Å². The monoisotopic (exact) mass is 810 g/mol. The van der Waals surface area contributed by atoms with Gasteiger partial charge in [0.25, 0.3) is 0 Å². The summed E-state index contributed by atoms with van der Waals surface area (Å²) in [7, 11) is -4.74. The average Bonchev–Trinajstić information content (AvgIpc) is 3.17. The maximum atomic E-state index is 12.6. The van der Waals surface area contributed by atoms with Gasteiger partial charge in [0.05, 0.1) is 13.2 Å². The molecule has 0 aromatic heterocycles. The minimum atomic E-state index is -4.74. The van der Waals surface area contributed by atoms with Crippen LogP contribution in [0.3, 0.4) is 0 Å². The first kappa shape index (κ1) is 53.2. The Morgan fingerprint density at radius 1 is 0.554 bits per heavy atom. The predicted octanol–water partition coefficient (Wildman–Crippen LogP) is 11.2. The van der Waals surface area contributed by atoms with E-state index in [9.17, 15) is 23.8 Å². The number of carbonyl (C=O) groups excluding carboxylic acids is 2. The molecule has 0 saturated heterocycles. The van der Waals surface area contributed by atoms with E-state index in [-0.39, 0.29) is 19.4 Å². The highest BCUT2D eigenvalue weighted by atomic mass is 31.2. The van der Waals surface area contributed by atoms with Gasteiger partial charge >= 0.3 is 25.7 Å². The fourth-order valence-corrected chi connectivity index (χ4v) is 6.12. The van der Waals surface area contributed by atoms with Crippen LogP contribution in [0, 0.1) is 0 Å². The Morgan fingerprint density at radius 3 is 1.46 bits per heavy atom. The lowest BCUT2D eigenvalue weighted by Crippen LogP contribution is -2.34. The molecule has 0 bridgehead atoms. The molecule has 0 amide bonds. The Kier molecular flexibility index (Phi) is 37.1. The molecule has 4 N–H and O–H groups in total. The number of allylic oxidation sites excluding steroid dienone is 10. The number of phosphoric acid groups is 1. The molecular formula is C44H76NO10P. The molecule has 322 valence electrons. The second kappa shape index (κ2) is 39.0. The molecule has 56 heavy (non-hydrogen) atoms. The van der Waals surface area contributed by atoms with Crippen molar-refractivity contribution in [1.82, 2.24) is 0 Å². The summed E-state index contributed by atoms with van der Waals surface area (Å²) in [5.41, 5.74) is 5.32. The average molecular weight is 810 g/mol. The van der Waals surface area contributed by atoms with Crippen molar-refractivity contribution in [3.05, 3.63) is 60.8 Å². The maximum Gasteiger partial charge on any atom is 0.472 e. The molecule has 0 aromatic rings. The van der Waals surface area contributed by atoms with Crippen LogP contribution in [0.2, 0.25) is 0 Å². The summed E-state index contributed by atoms with van der Waals surface area (Å²) in [6, 6.07) is -1.53. The van der Waals surface area contributed by atoms with Gasteiger partial charge in [0.1, 0.15) is 12.6 Å². The number of rotatable bonds is 39. The summed E-state index contributed by atoms with van der Waals surface area (Å²) in [5.74, 6) is -2.49. The van der Waals surface area contributed by atoms with Crippen molar-refractivity contribution in [2.45, 2.75) is 180 Å². The smallest absolute Gasteiger partial charge is 0.472 e. The van der Waals surface area contributed by atoms with Crippen LogP contribution in [0.25, 0.3) is 0 Å². The lowest BCUT2D eigenvalue weighted by atomic mass is 10.1. The molecule has 0 spiro atoms. The summed E-state index contributed by atoms with van der Waals surface area (Å²) in [4.78, 5) is 45.9. The molecular weight excluding hydrogens is 733 g/mol. The Bertz CT molecular complexity index is 1180. The van der Waals surface area contributed by atoms with Crippen molar-refractivity contribution in [3.8, 4) is 0 Å². The van der Waals surface area contributed by atoms with Crippen molar-refractivity contribution in [1.29, 1.82) is 0 Å². The molecule has 0 aliphatic carbocycles. The molecule has 0 aromatic carbocycles. The molecule has 1 unspecified atom stereocenters. The number of hydrogen-bond acceptors (Lipinski definition) is 9. The third-order valence-electron chi connectivity index (χ3n) is 8.74. The number of ether oxygens (including phenoxy) is 2. The molecule has 0 radical (unpaired) electrons. The molecule has 0 saturated carbocycles. The quantitative estimate of drug-likeness (QED) is 0.0233. The fourth-order valence-electron chi connectivity index (χ4n) is 5.34. The van der Waals surface area contributed by atoms with Gasteiger partial charge in [-0.05, 0) is 77.0 Å². The van der Waals surface area contributed by atoms with Gasteiger partial charge < -0.3 is 25.2 Å². The SMILES string of the molecule is CCCCCCCC/C=C/C/C=C/C/C=C/CCCC(=O)O[C@H](COC(=O)CCCC/C=C/C/C=C/CCCCCCCC)COP(=O)(O)OC[C@H](N)C(=O)O. The number of unbranched alkanes of at least 4 members (excludes halogenated alkanes) is 15. The van der Waals surface area contributed by atoms with E-state index in [1.54, 1.807) is 0 Å². The van der Waals surface area contributed by atoms with Crippen LogP contribution in [0.4, 0.5) is 0 Å². The maximum absolute atomic E-state index is 12.6. The number of aliphatic carboxylic acids is 1. The van der Waals surface area contributed by atoms with E-state index in [0.29, 0.717) is 19.3 Å². The molecule has 3 atom stereocenters. The molecule has 0 aliphatic rings. The first-order valence-electron chi connectivity index (χ1n) is 21.3. The second-order valence-electron chi connectivity index (χ2n) is 14.1. The second-order valence-corrected chi connectivity index (χ2v) is 15.6. The molecule has 0 heterocycles. The number of hydrogen-bond donors (Lipinski definition) is 3. The van der Waals surface area contributed by atoms with Gasteiger partial charge in [0.2, 0.25) is 0 Å². The summed E-state index contributed by atoms with van der Waals surface area (Å²) in [6.45, 7) is 2.69. The molecule has 0 aliphatic heterocycles. The Hall–Kier alpha value is -2.82. The standard InChI is InChI=1S/C44H76NO10P/c1-3-5-7-9-11-13-15-17-19-20-22-24-26-28-30-32-34-36-43(47)55-40(38-53-56(50,51)54-39-41(45)44(48)49)37-52-42(46)35-33-31-29-27-25-23-21-18-16-14-12-10-8-6-4-2/h17-19,21-22,24-25,27-28,30,40-41H,3-16,20,23,26,29,31-39,45H2,1-2H3,(H,48,49)(H,50,51)/b19-17+,21-18+,24-22+,27-25+,30-28+/t40-,41+/m1/s1. The van der Waals surface area contributed by atoms with Crippen molar-refractivity contribution < 1.29 is 47.5 Å². The van der Waals surface area contributed by atoms with Crippen LogP contribution < -0.4 is 5.73 Å².